The summed E-state index contributed by atoms with van der Waals surface area (Å²) in [7, 11) is 1.68. The van der Waals surface area contributed by atoms with Gasteiger partial charge in [-0.25, -0.2) is 0 Å². The number of rotatable bonds is 7. The Morgan fingerprint density at radius 3 is 2.61 bits per heavy atom. The number of nitrogens with one attached hydrogen (secondary N) is 2. The van der Waals surface area contributed by atoms with E-state index in [0.29, 0.717) is 38.1 Å². The van der Waals surface area contributed by atoms with Gasteiger partial charge in [0, 0.05) is 29.7 Å². The number of fused-ring (bicyclic) bond motifs is 1. The van der Waals surface area contributed by atoms with E-state index in [2.05, 4.69) is 15.6 Å². The highest BCUT2D eigenvalue weighted by atomic mass is 127. The summed E-state index contributed by atoms with van der Waals surface area (Å²) in [5.41, 5.74) is 0. The lowest BCUT2D eigenvalue weighted by Gasteiger charge is -2.32. The van der Waals surface area contributed by atoms with Gasteiger partial charge in [-0.15, -0.1) is 35.3 Å². The Kier molecular flexibility index (Phi) is 10.3. The van der Waals surface area contributed by atoms with E-state index >= 15 is 0 Å². The summed E-state index contributed by atoms with van der Waals surface area (Å²) >= 11 is 1.58. The fourth-order valence-electron chi connectivity index (χ4n) is 3.76. The molecule has 0 amide bonds. The molecule has 0 aliphatic carbocycles. The normalized spacial score (nSPS) is 17.4. The molecule has 0 saturated carbocycles. The third kappa shape index (κ3) is 8.39. The molecule has 1 aliphatic rings. The average molecular weight is 570 g/mol. The van der Waals surface area contributed by atoms with E-state index in [-0.39, 0.29) is 24.0 Å². The van der Waals surface area contributed by atoms with Crippen LogP contribution in [0.4, 0.5) is 13.2 Å². The second kappa shape index (κ2) is 12.2. The second-order valence-electron chi connectivity index (χ2n) is 7.71. The minimum atomic E-state index is -4.12. The molecular weight excluding hydrogens is 540 g/mol. The molecule has 2 aromatic rings. The highest BCUT2D eigenvalue weighted by Crippen LogP contribution is 2.29. The van der Waals surface area contributed by atoms with E-state index in [0.717, 1.165) is 34.2 Å². The van der Waals surface area contributed by atoms with Crippen molar-refractivity contribution in [3.05, 3.63) is 35.2 Å². The maximum Gasteiger partial charge on any atom is 0.401 e. The highest BCUT2D eigenvalue weighted by molar-refractivity contribution is 14.0. The van der Waals surface area contributed by atoms with Gasteiger partial charge in [-0.2, -0.15) is 13.2 Å². The van der Waals surface area contributed by atoms with Crippen LogP contribution in [0.1, 0.15) is 30.2 Å². The van der Waals surface area contributed by atoms with Crippen LogP contribution < -0.4 is 10.6 Å². The number of likely N-dealkylation sites (tertiary alicyclic amines) is 1. The van der Waals surface area contributed by atoms with Gasteiger partial charge in [0.15, 0.2) is 5.96 Å². The lowest BCUT2D eigenvalue weighted by molar-refractivity contribution is -0.148. The third-order valence-corrected chi connectivity index (χ3v) is 6.63. The van der Waals surface area contributed by atoms with Crippen molar-refractivity contribution in [2.45, 2.75) is 31.5 Å². The molecule has 10 heteroatoms. The summed E-state index contributed by atoms with van der Waals surface area (Å²) in [4.78, 5) is 6.58. The van der Waals surface area contributed by atoms with Crippen molar-refractivity contribution in [1.29, 1.82) is 0 Å². The van der Waals surface area contributed by atoms with Gasteiger partial charge in [0.05, 0.1) is 6.54 Å². The molecule has 0 radical (unpaired) electrons. The number of aliphatic imine (C=N–C) groups is 1. The van der Waals surface area contributed by atoms with Crippen LogP contribution in [0.25, 0.3) is 10.1 Å². The summed E-state index contributed by atoms with van der Waals surface area (Å²) < 4.78 is 38.6. The van der Waals surface area contributed by atoms with Crippen LogP contribution in [0.2, 0.25) is 0 Å². The zero-order chi connectivity index (χ0) is 21.6. The lowest BCUT2D eigenvalue weighted by atomic mass is 9.93. The van der Waals surface area contributed by atoms with Gasteiger partial charge in [-0.3, -0.25) is 9.89 Å². The number of aliphatic hydroxyl groups excluding tert-OH is 1. The standard InChI is InChI=1S/C21H29F3N4OS.HI/c1-25-20(26-9-6-15-7-10-28(11-8-15)14-21(22,23)24)27-13-17(29)19-12-16-4-2-3-5-18(16)30-19;/h2-5,12,15,17,29H,6-11,13-14H2,1H3,(H2,25,26,27);1H. The topological polar surface area (TPSA) is 59.9 Å². The van der Waals surface area contributed by atoms with Gasteiger partial charge in [0.25, 0.3) is 0 Å². The summed E-state index contributed by atoms with van der Waals surface area (Å²) in [6, 6.07) is 10.0. The van der Waals surface area contributed by atoms with E-state index in [1.54, 1.807) is 18.4 Å². The molecule has 1 atom stereocenters. The van der Waals surface area contributed by atoms with Gasteiger partial charge in [0.2, 0.25) is 0 Å². The highest BCUT2D eigenvalue weighted by Gasteiger charge is 2.32. The first kappa shape index (κ1) is 26.1. The van der Waals surface area contributed by atoms with Crippen molar-refractivity contribution >= 4 is 51.4 Å². The van der Waals surface area contributed by atoms with Gasteiger partial charge >= 0.3 is 6.18 Å². The Morgan fingerprint density at radius 2 is 1.97 bits per heavy atom. The first-order valence-corrected chi connectivity index (χ1v) is 11.1. The molecule has 1 saturated heterocycles. The zero-order valence-electron chi connectivity index (χ0n) is 17.5. The molecular formula is C21H30F3IN4OS. The molecule has 0 bridgehead atoms. The molecule has 3 N–H and O–H groups in total. The number of piperidine rings is 1. The molecule has 1 aromatic carbocycles. The van der Waals surface area contributed by atoms with Crippen molar-refractivity contribution in [3.63, 3.8) is 0 Å². The largest absolute Gasteiger partial charge is 0.401 e. The van der Waals surface area contributed by atoms with Crippen molar-refractivity contribution in [2.75, 3.05) is 39.8 Å². The van der Waals surface area contributed by atoms with Crippen LogP contribution in [0.5, 0.6) is 0 Å². The summed E-state index contributed by atoms with van der Waals surface area (Å²) in [5.74, 6) is 1.04. The van der Waals surface area contributed by atoms with Gasteiger partial charge in [-0.05, 0) is 55.8 Å². The predicted octanol–water partition coefficient (Wildman–Crippen LogP) is 4.38. The molecule has 31 heavy (non-hydrogen) atoms. The first-order chi connectivity index (χ1) is 14.3. The Balaban J connectivity index is 0.00000341. The van der Waals surface area contributed by atoms with E-state index in [4.69, 9.17) is 0 Å². The lowest BCUT2D eigenvalue weighted by Crippen LogP contribution is -2.42. The van der Waals surface area contributed by atoms with E-state index < -0.39 is 18.8 Å². The maximum atomic E-state index is 12.5. The third-order valence-electron chi connectivity index (χ3n) is 5.41. The quantitative estimate of drug-likeness (QED) is 0.263. The molecule has 0 spiro atoms. The number of halogens is 4. The second-order valence-corrected chi connectivity index (χ2v) is 8.82. The van der Waals surface area contributed by atoms with Gasteiger partial charge in [0.1, 0.15) is 6.10 Å². The molecule has 5 nitrogen and oxygen atoms in total. The number of alkyl halides is 3. The molecule has 1 fully saturated rings. The Hall–Kier alpha value is -1.11. The summed E-state index contributed by atoms with van der Waals surface area (Å²) in [6.07, 6.45) is -2.28. The Bertz CT molecular complexity index is 804. The van der Waals surface area contributed by atoms with Crippen molar-refractivity contribution in [3.8, 4) is 0 Å². The van der Waals surface area contributed by atoms with Gasteiger partial charge < -0.3 is 15.7 Å². The number of aliphatic hydroxyl groups is 1. The first-order valence-electron chi connectivity index (χ1n) is 10.2. The van der Waals surface area contributed by atoms with Crippen LogP contribution >= 0.6 is 35.3 Å². The number of nitrogens with zero attached hydrogens (tertiary/aromatic N) is 2. The van der Waals surface area contributed by atoms with Crippen LogP contribution in [0.3, 0.4) is 0 Å². The SMILES string of the molecule is CN=C(NCCC1CCN(CC(F)(F)F)CC1)NCC(O)c1cc2ccccc2s1.I. The zero-order valence-corrected chi connectivity index (χ0v) is 20.6. The maximum absolute atomic E-state index is 12.5. The molecule has 2 heterocycles. The van der Waals surface area contributed by atoms with Crippen LogP contribution in [-0.4, -0.2) is 61.9 Å². The molecule has 174 valence electrons. The molecule has 1 unspecified atom stereocenters. The fraction of sp³-hybridized carbons (Fsp3) is 0.571. The minimum absolute atomic E-state index is 0. The van der Waals surface area contributed by atoms with Crippen LogP contribution in [0.15, 0.2) is 35.3 Å². The number of benzene rings is 1. The Morgan fingerprint density at radius 1 is 1.26 bits per heavy atom. The van der Waals surface area contributed by atoms with E-state index in [9.17, 15) is 18.3 Å². The summed E-state index contributed by atoms with van der Waals surface area (Å²) in [5, 5.41) is 18.0. The smallest absolute Gasteiger partial charge is 0.386 e. The predicted molar refractivity (Wildman–Crippen MR) is 131 cm³/mol. The molecule has 3 rings (SSSR count). The molecule has 1 aliphatic heterocycles. The van der Waals surface area contributed by atoms with Crippen molar-refractivity contribution in [1.82, 2.24) is 15.5 Å². The van der Waals surface area contributed by atoms with Crippen molar-refractivity contribution < 1.29 is 18.3 Å². The van der Waals surface area contributed by atoms with E-state index in [1.165, 1.54) is 4.90 Å². The number of guanidine groups is 1. The molecule has 1 aromatic heterocycles. The van der Waals surface area contributed by atoms with Crippen molar-refractivity contribution in [2.24, 2.45) is 10.9 Å². The summed E-state index contributed by atoms with van der Waals surface area (Å²) in [6.45, 7) is 1.23. The minimum Gasteiger partial charge on any atom is -0.386 e. The Labute approximate surface area is 202 Å². The monoisotopic (exact) mass is 570 g/mol. The van der Waals surface area contributed by atoms with Crippen LogP contribution in [-0.2, 0) is 0 Å². The van der Waals surface area contributed by atoms with Gasteiger partial charge in [-0.1, -0.05) is 18.2 Å². The average Bonchev–Trinajstić information content (AvgIpc) is 3.15. The van der Waals surface area contributed by atoms with Crippen LogP contribution in [0, 0.1) is 5.92 Å². The fourth-order valence-corrected chi connectivity index (χ4v) is 4.81. The number of thiophene rings is 1. The number of hydrogen-bond acceptors (Lipinski definition) is 4. The van der Waals surface area contributed by atoms with E-state index in [1.807, 2.05) is 30.3 Å². The number of hydrogen-bond donors (Lipinski definition) is 3.